The van der Waals surface area contributed by atoms with Crippen LogP contribution in [0.25, 0.3) is 0 Å². The van der Waals surface area contributed by atoms with Gasteiger partial charge in [-0.2, -0.15) is 0 Å². The maximum Gasteiger partial charge on any atom is 0.294 e. The van der Waals surface area contributed by atoms with Crippen molar-refractivity contribution in [3.05, 3.63) is 33.9 Å². The average molecular weight is 483 g/mol. The van der Waals surface area contributed by atoms with Crippen LogP contribution in [0.3, 0.4) is 0 Å². The van der Waals surface area contributed by atoms with Crippen LogP contribution in [-0.2, 0) is 20.8 Å². The molecular formula is C21H30N4O7S. The van der Waals surface area contributed by atoms with Gasteiger partial charge in [-0.3, -0.25) is 9.59 Å². The number of thioether (sulfide) groups is 1. The largest absolute Gasteiger partial charge is 0.490 e. The second-order valence-corrected chi connectivity index (χ2v) is 9.26. The summed E-state index contributed by atoms with van der Waals surface area (Å²) in [5.41, 5.74) is 1.54. The molecule has 12 heteroatoms. The van der Waals surface area contributed by atoms with E-state index >= 15 is 0 Å². The number of nitrogens with zero attached hydrogens (tertiary/aromatic N) is 1. The summed E-state index contributed by atoms with van der Waals surface area (Å²) >= 11 is 1.39. The predicted molar refractivity (Wildman–Crippen MR) is 123 cm³/mol. The third kappa shape index (κ3) is 8.06. The lowest BCUT2D eigenvalue weighted by atomic mass is 9.97. The lowest BCUT2D eigenvalue weighted by Gasteiger charge is -2.28. The number of aliphatic hydroxyl groups excluding tert-OH is 1. The average Bonchev–Trinajstić information content (AvgIpc) is 3.17. The van der Waals surface area contributed by atoms with Crippen molar-refractivity contribution in [2.45, 2.75) is 49.6 Å². The van der Waals surface area contributed by atoms with Gasteiger partial charge in [0.1, 0.15) is 24.6 Å². The number of hydrogen-bond donors (Lipinski definition) is 4. The molecule has 11 nitrogen and oxygen atoms in total. The molecule has 1 aliphatic heterocycles. The van der Waals surface area contributed by atoms with Gasteiger partial charge >= 0.3 is 0 Å². The van der Waals surface area contributed by atoms with E-state index in [4.69, 9.17) is 9.57 Å². The number of ether oxygens (including phenoxy) is 1. The van der Waals surface area contributed by atoms with Gasteiger partial charge in [0.25, 0.3) is 5.09 Å². The number of carbonyl (C=O) groups is 2. The molecule has 1 unspecified atom stereocenters. The zero-order valence-electron chi connectivity index (χ0n) is 18.3. The van der Waals surface area contributed by atoms with E-state index in [1.165, 1.54) is 11.8 Å². The normalized spacial score (nSPS) is 20.5. The first-order valence-corrected chi connectivity index (χ1v) is 12.1. The van der Waals surface area contributed by atoms with E-state index in [9.17, 15) is 24.8 Å². The maximum absolute atomic E-state index is 12.1. The Morgan fingerprint density at radius 2 is 2.15 bits per heavy atom. The number of benzene rings is 1. The molecule has 1 aliphatic carbocycles. The van der Waals surface area contributed by atoms with Crippen LogP contribution in [0.5, 0.6) is 5.75 Å². The summed E-state index contributed by atoms with van der Waals surface area (Å²) in [7, 11) is 0. The van der Waals surface area contributed by atoms with Crippen LogP contribution in [0, 0.1) is 10.1 Å². The van der Waals surface area contributed by atoms with Crippen LogP contribution in [0.4, 0.5) is 5.69 Å². The molecule has 1 aromatic carbocycles. The van der Waals surface area contributed by atoms with Crippen molar-refractivity contribution in [3.63, 3.8) is 0 Å². The van der Waals surface area contributed by atoms with E-state index in [0.29, 0.717) is 31.8 Å². The smallest absolute Gasteiger partial charge is 0.294 e. The van der Waals surface area contributed by atoms with Crippen LogP contribution in [0.1, 0.15) is 31.2 Å². The second kappa shape index (κ2) is 12.6. The van der Waals surface area contributed by atoms with Gasteiger partial charge in [0.2, 0.25) is 11.8 Å². The molecule has 0 radical (unpaired) electrons. The van der Waals surface area contributed by atoms with E-state index in [1.54, 1.807) is 12.1 Å². The van der Waals surface area contributed by atoms with Gasteiger partial charge in [-0.1, -0.05) is 18.9 Å². The van der Waals surface area contributed by atoms with E-state index in [-0.39, 0.29) is 35.8 Å². The summed E-state index contributed by atoms with van der Waals surface area (Å²) in [5, 5.41) is 28.5. The van der Waals surface area contributed by atoms with Gasteiger partial charge in [-0.05, 0) is 25.0 Å². The molecule has 4 N–H and O–H groups in total. The summed E-state index contributed by atoms with van der Waals surface area (Å²) in [5.74, 6) is 0.583. The topological polar surface area (TPSA) is 152 Å². The van der Waals surface area contributed by atoms with Gasteiger partial charge in [0.05, 0.1) is 12.2 Å². The standard InChI is InChI=1S/C21H30N4O7S/c26-14(12-31-17-6-3-4-16-15(17)10-20(27)24-16)11-22-8-9-23-21(28)13-33-19-7-2-1-5-18(19)32-25(29)30/h3-4,6,14,18-19,22,26H,1-2,5,7-13H2,(H,23,28)(H,24,27)/t14?,18-,19-/m1/s1. The zero-order valence-corrected chi connectivity index (χ0v) is 19.1. The quantitative estimate of drug-likeness (QED) is 0.182. The Hall–Kier alpha value is -2.57. The summed E-state index contributed by atoms with van der Waals surface area (Å²) < 4.78 is 5.67. The van der Waals surface area contributed by atoms with Gasteiger partial charge in [-0.15, -0.1) is 21.9 Å². The number of rotatable bonds is 13. The Bertz CT molecular complexity index is 841. The number of anilines is 1. The molecule has 0 aromatic heterocycles. The lowest BCUT2D eigenvalue weighted by Crippen LogP contribution is -2.38. The van der Waals surface area contributed by atoms with Crippen molar-refractivity contribution < 1.29 is 29.4 Å². The number of hydrogen-bond acceptors (Lipinski definition) is 9. The predicted octanol–water partition coefficient (Wildman–Crippen LogP) is 0.879. The monoisotopic (exact) mass is 482 g/mol. The van der Waals surface area contributed by atoms with E-state index in [1.807, 2.05) is 6.07 Å². The molecule has 1 saturated carbocycles. The number of nitrogens with one attached hydrogen (secondary N) is 3. The number of amides is 2. The summed E-state index contributed by atoms with van der Waals surface area (Å²) in [6.07, 6.45) is 2.38. The SMILES string of the molecule is O=C(CS[C@@H]1CCCC[C@H]1O[N+](=O)[O-])NCCNCC(O)COc1cccc2c1CC(=O)N2. The molecule has 2 aliphatic rings. The highest BCUT2D eigenvalue weighted by Gasteiger charge is 2.29. The molecule has 3 atom stereocenters. The Labute approximate surface area is 196 Å². The molecule has 0 bridgehead atoms. The fraction of sp³-hybridized carbons (Fsp3) is 0.619. The van der Waals surface area contributed by atoms with Crippen LogP contribution >= 0.6 is 11.8 Å². The van der Waals surface area contributed by atoms with Crippen LogP contribution in [0.15, 0.2) is 18.2 Å². The molecular weight excluding hydrogens is 452 g/mol. The first-order chi connectivity index (χ1) is 15.9. The van der Waals surface area contributed by atoms with Gasteiger partial charge in [0.15, 0.2) is 0 Å². The Balaban J connectivity index is 1.25. The van der Waals surface area contributed by atoms with E-state index in [2.05, 4.69) is 16.0 Å². The van der Waals surface area contributed by atoms with Crippen molar-refractivity contribution in [3.8, 4) is 5.75 Å². The number of aliphatic hydroxyl groups is 1. The molecule has 182 valence electrons. The Morgan fingerprint density at radius 1 is 1.33 bits per heavy atom. The third-order valence-electron chi connectivity index (χ3n) is 5.47. The minimum absolute atomic E-state index is 0.0529. The highest BCUT2D eigenvalue weighted by atomic mass is 32.2. The summed E-state index contributed by atoms with van der Waals surface area (Å²) in [6.45, 7) is 1.24. The molecule has 0 saturated heterocycles. The highest BCUT2D eigenvalue weighted by Crippen LogP contribution is 2.32. The van der Waals surface area contributed by atoms with Crippen LogP contribution in [-0.4, -0.2) is 71.5 Å². The summed E-state index contributed by atoms with van der Waals surface area (Å²) in [6, 6.07) is 5.37. The Morgan fingerprint density at radius 3 is 2.97 bits per heavy atom. The number of carbonyl (C=O) groups excluding carboxylic acids is 2. The molecule has 0 spiro atoms. The van der Waals surface area contributed by atoms with Crippen LogP contribution in [0.2, 0.25) is 0 Å². The highest BCUT2D eigenvalue weighted by molar-refractivity contribution is 8.00. The van der Waals surface area contributed by atoms with Crippen LogP contribution < -0.4 is 20.7 Å². The molecule has 1 aromatic rings. The molecule has 2 amide bonds. The minimum atomic E-state index is -0.751. The van der Waals surface area contributed by atoms with Crippen molar-refractivity contribution in [2.75, 3.05) is 37.3 Å². The first-order valence-electron chi connectivity index (χ1n) is 11.0. The third-order valence-corrected chi connectivity index (χ3v) is 6.87. The second-order valence-electron chi connectivity index (χ2n) is 8.03. The molecule has 3 rings (SSSR count). The van der Waals surface area contributed by atoms with E-state index in [0.717, 1.165) is 30.5 Å². The van der Waals surface area contributed by atoms with Crippen molar-refractivity contribution in [2.24, 2.45) is 0 Å². The van der Waals surface area contributed by atoms with E-state index < -0.39 is 17.3 Å². The van der Waals surface area contributed by atoms with Crippen molar-refractivity contribution >= 4 is 29.3 Å². The van der Waals surface area contributed by atoms with Crippen molar-refractivity contribution in [1.82, 2.24) is 10.6 Å². The first kappa shape index (κ1) is 25.1. The minimum Gasteiger partial charge on any atom is -0.490 e. The van der Waals surface area contributed by atoms with Gasteiger partial charge in [0, 0.05) is 36.1 Å². The Kier molecular flexibility index (Phi) is 9.58. The van der Waals surface area contributed by atoms with Gasteiger partial charge in [-0.25, -0.2) is 0 Å². The molecule has 1 heterocycles. The molecule has 33 heavy (non-hydrogen) atoms. The summed E-state index contributed by atoms with van der Waals surface area (Å²) in [4.78, 5) is 39.0. The van der Waals surface area contributed by atoms with Gasteiger partial charge < -0.3 is 30.6 Å². The fourth-order valence-electron chi connectivity index (χ4n) is 3.88. The zero-order chi connectivity index (χ0) is 23.6. The van der Waals surface area contributed by atoms with Crippen molar-refractivity contribution in [1.29, 1.82) is 0 Å². The molecule has 1 fully saturated rings. The lowest BCUT2D eigenvalue weighted by molar-refractivity contribution is -0.768. The number of fused-ring (bicyclic) bond motifs is 1. The fourth-order valence-corrected chi connectivity index (χ4v) is 5.08. The maximum atomic E-state index is 12.1.